The van der Waals surface area contributed by atoms with Gasteiger partial charge in [-0.15, -0.1) is 11.3 Å². The van der Waals surface area contributed by atoms with E-state index < -0.39 is 0 Å². The summed E-state index contributed by atoms with van der Waals surface area (Å²) in [6.45, 7) is 4.32. The monoisotopic (exact) mass is 377 g/mol. The quantitative estimate of drug-likeness (QED) is 0.717. The Balaban J connectivity index is 1.50. The minimum atomic E-state index is -0.367. The summed E-state index contributed by atoms with van der Waals surface area (Å²) in [4.78, 5) is 28.7. The fourth-order valence-electron chi connectivity index (χ4n) is 3.11. The van der Waals surface area contributed by atoms with Crippen molar-refractivity contribution in [2.24, 2.45) is 0 Å². The molecule has 1 saturated carbocycles. The Labute approximate surface area is 155 Å². The smallest absolute Gasteiger partial charge is 0.407 e. The molecule has 9 heteroatoms. The molecule has 1 aliphatic rings. The lowest BCUT2D eigenvalue weighted by Gasteiger charge is -2.12. The Kier molecular flexibility index (Phi) is 5.87. The zero-order chi connectivity index (χ0) is 18.5. The van der Waals surface area contributed by atoms with Crippen LogP contribution >= 0.6 is 11.3 Å². The van der Waals surface area contributed by atoms with E-state index in [-0.39, 0.29) is 24.0 Å². The molecule has 1 fully saturated rings. The summed E-state index contributed by atoms with van der Waals surface area (Å²) < 4.78 is 5.38. The number of hydrogen-bond acceptors (Lipinski definition) is 6. The van der Waals surface area contributed by atoms with Gasteiger partial charge in [-0.25, -0.2) is 9.78 Å². The summed E-state index contributed by atoms with van der Waals surface area (Å²) in [5.74, 6) is 0.645. The second-order valence-electron chi connectivity index (χ2n) is 6.35. The molecule has 0 saturated heterocycles. The highest BCUT2D eigenvalue weighted by Gasteiger charge is 2.29. The molecule has 0 radical (unpaired) electrons. The van der Waals surface area contributed by atoms with E-state index in [4.69, 9.17) is 4.74 Å². The summed E-state index contributed by atoms with van der Waals surface area (Å²) in [6.07, 6.45) is 4.07. The van der Waals surface area contributed by atoms with E-state index in [2.05, 4.69) is 25.8 Å². The highest BCUT2D eigenvalue weighted by molar-refractivity contribution is 7.11. The van der Waals surface area contributed by atoms with E-state index in [9.17, 15) is 9.59 Å². The number of rotatable bonds is 6. The van der Waals surface area contributed by atoms with Gasteiger partial charge in [-0.2, -0.15) is 5.10 Å². The normalized spacial score (nSPS) is 19.3. The number of nitrogens with zero attached hydrogens (tertiary/aromatic N) is 2. The van der Waals surface area contributed by atoms with Crippen molar-refractivity contribution < 1.29 is 14.3 Å². The highest BCUT2D eigenvalue weighted by atomic mass is 32.1. The van der Waals surface area contributed by atoms with Gasteiger partial charge in [0.1, 0.15) is 6.10 Å². The van der Waals surface area contributed by atoms with Crippen LogP contribution in [0.15, 0.2) is 12.3 Å². The Bertz CT molecular complexity index is 772. The second kappa shape index (κ2) is 8.31. The Morgan fingerprint density at radius 2 is 2.27 bits per heavy atom. The summed E-state index contributed by atoms with van der Waals surface area (Å²) in [7, 11) is 0. The van der Waals surface area contributed by atoms with E-state index in [1.165, 1.54) is 11.3 Å². The number of thiazole rings is 1. The fourth-order valence-corrected chi connectivity index (χ4v) is 3.90. The van der Waals surface area contributed by atoms with Crippen molar-refractivity contribution in [2.75, 3.05) is 11.9 Å². The molecular formula is C17H23N5O3S. The highest BCUT2D eigenvalue weighted by Crippen LogP contribution is 2.35. The van der Waals surface area contributed by atoms with Crippen LogP contribution in [0.3, 0.4) is 0 Å². The lowest BCUT2D eigenvalue weighted by atomic mass is 10.0. The summed E-state index contributed by atoms with van der Waals surface area (Å²) >= 11 is 1.51. The number of carbonyl (C=O) groups is 2. The maximum atomic E-state index is 12.1. The van der Waals surface area contributed by atoms with Gasteiger partial charge in [0, 0.05) is 35.3 Å². The first-order chi connectivity index (χ1) is 12.5. The molecule has 0 aliphatic heterocycles. The number of H-pyrrole nitrogens is 1. The Morgan fingerprint density at radius 1 is 1.42 bits per heavy atom. The van der Waals surface area contributed by atoms with Gasteiger partial charge in [-0.05, 0) is 33.1 Å². The van der Waals surface area contributed by atoms with Crippen LogP contribution in [0, 0.1) is 6.92 Å². The topological polar surface area (TPSA) is 109 Å². The lowest BCUT2D eigenvalue weighted by molar-refractivity contribution is -0.115. The molecule has 3 N–H and O–H groups in total. The molecule has 8 nitrogen and oxygen atoms in total. The van der Waals surface area contributed by atoms with Crippen LogP contribution in [0.4, 0.5) is 10.6 Å². The van der Waals surface area contributed by atoms with Crippen LogP contribution in [0.25, 0.3) is 0 Å². The first-order valence-electron chi connectivity index (χ1n) is 8.74. The number of aromatic amines is 1. The largest absolute Gasteiger partial charge is 0.446 e. The van der Waals surface area contributed by atoms with E-state index in [1.54, 1.807) is 6.20 Å². The van der Waals surface area contributed by atoms with E-state index >= 15 is 0 Å². The summed E-state index contributed by atoms with van der Waals surface area (Å²) in [6, 6.07) is 1.86. The van der Waals surface area contributed by atoms with E-state index in [0.29, 0.717) is 18.8 Å². The van der Waals surface area contributed by atoms with Crippen molar-refractivity contribution in [3.8, 4) is 0 Å². The Morgan fingerprint density at radius 3 is 3.00 bits per heavy atom. The van der Waals surface area contributed by atoms with Crippen molar-refractivity contribution in [1.29, 1.82) is 0 Å². The maximum Gasteiger partial charge on any atom is 0.407 e. The molecule has 26 heavy (non-hydrogen) atoms. The van der Waals surface area contributed by atoms with Gasteiger partial charge in [0.05, 0.1) is 11.4 Å². The van der Waals surface area contributed by atoms with E-state index in [1.807, 2.05) is 19.9 Å². The van der Waals surface area contributed by atoms with Gasteiger partial charge in [-0.3, -0.25) is 9.89 Å². The number of carbonyl (C=O) groups excluding carboxylic acids is 2. The molecular weight excluding hydrogens is 354 g/mol. The summed E-state index contributed by atoms with van der Waals surface area (Å²) in [5.41, 5.74) is 0.955. The molecule has 2 unspecified atom stereocenters. The summed E-state index contributed by atoms with van der Waals surface area (Å²) in [5, 5.41) is 13.6. The van der Waals surface area contributed by atoms with Crippen LogP contribution in [0.2, 0.25) is 0 Å². The third-order valence-corrected chi connectivity index (χ3v) is 5.20. The average Bonchev–Trinajstić information content (AvgIpc) is 3.29. The molecule has 2 amide bonds. The molecule has 140 valence electrons. The molecule has 0 bridgehead atoms. The minimum absolute atomic E-state index is 0.0811. The van der Waals surface area contributed by atoms with Gasteiger partial charge in [0.25, 0.3) is 0 Å². The van der Waals surface area contributed by atoms with Crippen molar-refractivity contribution in [3.05, 3.63) is 27.8 Å². The second-order valence-corrected chi connectivity index (χ2v) is 7.67. The molecule has 2 heterocycles. The van der Waals surface area contributed by atoms with Gasteiger partial charge in [0.15, 0.2) is 5.82 Å². The zero-order valence-corrected chi connectivity index (χ0v) is 15.7. The first-order valence-corrected chi connectivity index (χ1v) is 9.56. The number of aromatic nitrogens is 3. The van der Waals surface area contributed by atoms with E-state index in [0.717, 1.165) is 34.8 Å². The van der Waals surface area contributed by atoms with Crippen LogP contribution < -0.4 is 10.6 Å². The Hall–Kier alpha value is -2.42. The van der Waals surface area contributed by atoms with Crippen LogP contribution in [-0.4, -0.2) is 39.8 Å². The van der Waals surface area contributed by atoms with Crippen molar-refractivity contribution in [3.63, 3.8) is 0 Å². The van der Waals surface area contributed by atoms with Crippen LogP contribution in [-0.2, 0) is 16.0 Å². The molecule has 2 aromatic rings. The molecule has 0 aromatic carbocycles. The van der Waals surface area contributed by atoms with Crippen molar-refractivity contribution >= 4 is 29.2 Å². The zero-order valence-electron chi connectivity index (χ0n) is 14.9. The van der Waals surface area contributed by atoms with Crippen molar-refractivity contribution in [1.82, 2.24) is 20.5 Å². The van der Waals surface area contributed by atoms with Gasteiger partial charge in [0.2, 0.25) is 5.91 Å². The number of ether oxygens (including phenoxy) is 1. The van der Waals surface area contributed by atoms with Crippen LogP contribution in [0.1, 0.15) is 47.7 Å². The number of amides is 2. The molecule has 1 aliphatic carbocycles. The molecule has 0 spiro atoms. The molecule has 2 aromatic heterocycles. The number of alkyl carbamates (subject to hydrolysis) is 1. The number of anilines is 1. The van der Waals surface area contributed by atoms with Crippen molar-refractivity contribution in [2.45, 2.75) is 51.6 Å². The lowest BCUT2D eigenvalue weighted by Crippen LogP contribution is -2.27. The minimum Gasteiger partial charge on any atom is -0.446 e. The molecule has 2 atom stereocenters. The third kappa shape index (κ3) is 4.81. The number of hydrogen-bond donors (Lipinski definition) is 3. The fraction of sp³-hybridized carbons (Fsp3) is 0.529. The standard InChI is InChI=1S/C17H23N5O3S/c1-3-18-17(24)25-12-5-4-11(6-12)14-8-15(22-21-14)20-16(23)7-13-9-19-10(2)26-13/h8-9,11-12H,3-7H2,1-2H3,(H,18,24)(H2,20,21,22,23). The predicted octanol–water partition coefficient (Wildman–Crippen LogP) is 2.74. The van der Waals surface area contributed by atoms with Gasteiger partial charge >= 0.3 is 6.09 Å². The number of nitrogens with one attached hydrogen (secondary N) is 3. The van der Waals surface area contributed by atoms with Gasteiger partial charge in [-0.1, -0.05) is 0 Å². The van der Waals surface area contributed by atoms with Gasteiger partial charge < -0.3 is 15.4 Å². The molecule has 3 rings (SSSR count). The van der Waals surface area contributed by atoms with Crippen LogP contribution in [0.5, 0.6) is 0 Å². The SMILES string of the molecule is CCNC(=O)OC1CCC(c2cc(NC(=O)Cc3cnc(C)s3)n[nH]2)C1. The third-order valence-electron chi connectivity index (χ3n) is 4.29. The first kappa shape index (κ1) is 18.4. The average molecular weight is 377 g/mol. The predicted molar refractivity (Wildman–Crippen MR) is 98.3 cm³/mol. The number of aryl methyl sites for hydroxylation is 1. The maximum absolute atomic E-state index is 12.1.